The van der Waals surface area contributed by atoms with Crippen LogP contribution in [-0.2, 0) is 21.2 Å². The molecule has 0 spiro atoms. The van der Waals surface area contributed by atoms with Gasteiger partial charge in [0.1, 0.15) is 0 Å². The first-order valence-corrected chi connectivity index (χ1v) is 8.51. The molecule has 2 rings (SSSR count). The van der Waals surface area contributed by atoms with E-state index in [1.165, 1.54) is 0 Å². The highest BCUT2D eigenvalue weighted by molar-refractivity contribution is 7.91. The monoisotopic (exact) mass is 303 g/mol. The van der Waals surface area contributed by atoms with Crippen molar-refractivity contribution in [2.75, 3.05) is 24.7 Å². The summed E-state index contributed by atoms with van der Waals surface area (Å²) in [6, 6.07) is 7.62. The molecule has 0 bridgehead atoms. The van der Waals surface area contributed by atoms with Gasteiger partial charge in [-0.05, 0) is 24.1 Å². The minimum atomic E-state index is -2.80. The molecule has 6 heteroatoms. The average Bonchev–Trinajstić information content (AvgIpc) is 2.71. The zero-order valence-electron chi connectivity index (χ0n) is 10.6. The van der Waals surface area contributed by atoms with Gasteiger partial charge in [-0.2, -0.15) is 0 Å². The molecular weight excluding hydrogens is 286 g/mol. The minimum Gasteiger partial charge on any atom is -0.375 e. The number of hydrogen-bond donors (Lipinski definition) is 1. The maximum Gasteiger partial charge on any atom is 0.151 e. The summed E-state index contributed by atoms with van der Waals surface area (Å²) in [4.78, 5) is 0. The Bertz CT molecular complexity index is 501. The summed E-state index contributed by atoms with van der Waals surface area (Å²) >= 11 is 5.79. The first-order valence-electron chi connectivity index (χ1n) is 6.31. The largest absolute Gasteiger partial charge is 0.375 e. The van der Waals surface area contributed by atoms with Gasteiger partial charge in [0.15, 0.2) is 9.84 Å². The lowest BCUT2D eigenvalue weighted by Gasteiger charge is -2.10. The lowest BCUT2D eigenvalue weighted by molar-refractivity contribution is 0.121. The lowest BCUT2D eigenvalue weighted by Crippen LogP contribution is -2.32. The molecule has 1 N–H and O–H groups in total. The first kappa shape index (κ1) is 14.8. The van der Waals surface area contributed by atoms with Crippen molar-refractivity contribution in [3.8, 4) is 0 Å². The molecule has 0 saturated carbocycles. The van der Waals surface area contributed by atoms with Crippen LogP contribution in [0.3, 0.4) is 0 Å². The van der Waals surface area contributed by atoms with Gasteiger partial charge in [0.05, 0.1) is 24.7 Å². The third kappa shape index (κ3) is 5.10. The Morgan fingerprint density at radius 3 is 2.68 bits per heavy atom. The van der Waals surface area contributed by atoms with Crippen LogP contribution in [0.2, 0.25) is 5.02 Å². The Balaban J connectivity index is 1.59. The van der Waals surface area contributed by atoms with Crippen molar-refractivity contribution in [3.63, 3.8) is 0 Å². The number of nitrogens with one attached hydrogen (secondary N) is 1. The van der Waals surface area contributed by atoms with E-state index in [1.54, 1.807) is 0 Å². The van der Waals surface area contributed by atoms with Crippen molar-refractivity contribution in [1.29, 1.82) is 0 Å². The third-order valence-corrected chi connectivity index (χ3v) is 5.11. The van der Waals surface area contributed by atoms with Crippen LogP contribution < -0.4 is 5.32 Å². The van der Waals surface area contributed by atoms with E-state index in [0.29, 0.717) is 37.0 Å². The predicted octanol–water partition coefficient (Wildman–Crippen LogP) is 1.63. The van der Waals surface area contributed by atoms with Crippen LogP contribution in [0.15, 0.2) is 24.3 Å². The minimum absolute atomic E-state index is 0.0872. The molecule has 1 aliphatic rings. The molecule has 0 radical (unpaired) electrons. The maximum absolute atomic E-state index is 11.3. The summed E-state index contributed by atoms with van der Waals surface area (Å²) in [5, 5.41) is 3.92. The van der Waals surface area contributed by atoms with Gasteiger partial charge < -0.3 is 10.1 Å². The highest BCUT2D eigenvalue weighted by atomic mass is 35.5. The van der Waals surface area contributed by atoms with Gasteiger partial charge in [-0.25, -0.2) is 8.42 Å². The second-order valence-electron chi connectivity index (χ2n) is 4.73. The summed E-state index contributed by atoms with van der Waals surface area (Å²) in [7, 11) is -2.80. The molecule has 1 aromatic carbocycles. The Kier molecular flexibility index (Phi) is 5.21. The molecule has 1 fully saturated rings. The molecule has 4 nitrogen and oxygen atoms in total. The van der Waals surface area contributed by atoms with E-state index in [-0.39, 0.29) is 11.8 Å². The van der Waals surface area contributed by atoms with Gasteiger partial charge >= 0.3 is 0 Å². The Morgan fingerprint density at radius 2 is 2.05 bits per heavy atom. The fourth-order valence-corrected chi connectivity index (χ4v) is 3.90. The summed E-state index contributed by atoms with van der Waals surface area (Å²) in [5.41, 5.74) is 1.08. The zero-order valence-corrected chi connectivity index (χ0v) is 12.2. The quantitative estimate of drug-likeness (QED) is 0.812. The van der Waals surface area contributed by atoms with Gasteiger partial charge in [0, 0.05) is 17.6 Å². The van der Waals surface area contributed by atoms with E-state index in [2.05, 4.69) is 5.32 Å². The fourth-order valence-electron chi connectivity index (χ4n) is 2.06. The average molecular weight is 304 g/mol. The van der Waals surface area contributed by atoms with Crippen LogP contribution in [0.1, 0.15) is 12.0 Å². The second kappa shape index (κ2) is 6.70. The summed E-state index contributed by atoms with van der Waals surface area (Å²) < 4.78 is 28.0. The van der Waals surface area contributed by atoms with E-state index in [0.717, 1.165) is 5.56 Å². The van der Waals surface area contributed by atoms with Crippen LogP contribution in [0, 0.1) is 0 Å². The van der Waals surface area contributed by atoms with Gasteiger partial charge in [0.25, 0.3) is 0 Å². The molecule has 19 heavy (non-hydrogen) atoms. The molecular formula is C13H18ClNO3S. The number of ether oxygens (including phenoxy) is 1. The van der Waals surface area contributed by atoms with Crippen molar-refractivity contribution in [2.24, 2.45) is 0 Å². The molecule has 1 unspecified atom stereocenters. The molecule has 1 aromatic rings. The summed E-state index contributed by atoms with van der Waals surface area (Å²) in [6.07, 6.45) is 0.708. The van der Waals surface area contributed by atoms with Crippen LogP contribution in [-0.4, -0.2) is 39.1 Å². The third-order valence-electron chi connectivity index (χ3n) is 3.09. The van der Waals surface area contributed by atoms with Gasteiger partial charge in [-0.1, -0.05) is 23.7 Å². The summed E-state index contributed by atoms with van der Waals surface area (Å²) in [6.45, 7) is 1.79. The normalized spacial score (nSPS) is 21.6. The molecule has 106 valence electrons. The van der Waals surface area contributed by atoms with E-state index in [9.17, 15) is 8.42 Å². The molecule has 0 aromatic heterocycles. The van der Waals surface area contributed by atoms with E-state index in [4.69, 9.17) is 16.3 Å². The van der Waals surface area contributed by atoms with Crippen molar-refractivity contribution in [1.82, 2.24) is 5.32 Å². The molecule has 0 aliphatic carbocycles. The highest BCUT2D eigenvalue weighted by Gasteiger charge is 2.26. The second-order valence-corrected chi connectivity index (χ2v) is 7.40. The van der Waals surface area contributed by atoms with Crippen LogP contribution in [0.4, 0.5) is 0 Å². The molecule has 1 saturated heterocycles. The van der Waals surface area contributed by atoms with Crippen LogP contribution >= 0.6 is 11.6 Å². The van der Waals surface area contributed by atoms with E-state index >= 15 is 0 Å². The van der Waals surface area contributed by atoms with Crippen molar-refractivity contribution < 1.29 is 13.2 Å². The standard InChI is InChI=1S/C13H18ClNO3S/c14-12-3-1-11(2-4-12)9-18-7-6-15-13-5-8-19(16,17)10-13/h1-4,13,15H,5-10H2. The van der Waals surface area contributed by atoms with Crippen molar-refractivity contribution in [3.05, 3.63) is 34.9 Å². The first-order chi connectivity index (χ1) is 9.05. The number of benzene rings is 1. The maximum atomic E-state index is 11.3. The zero-order chi connectivity index (χ0) is 13.7. The Hall–Kier alpha value is -0.620. The SMILES string of the molecule is O=S1(=O)CCC(NCCOCc2ccc(Cl)cc2)C1. The Morgan fingerprint density at radius 1 is 1.32 bits per heavy atom. The van der Waals surface area contributed by atoms with E-state index < -0.39 is 9.84 Å². The van der Waals surface area contributed by atoms with Gasteiger partial charge in [0.2, 0.25) is 0 Å². The highest BCUT2D eigenvalue weighted by Crippen LogP contribution is 2.11. The molecule has 1 atom stereocenters. The van der Waals surface area contributed by atoms with Crippen molar-refractivity contribution >= 4 is 21.4 Å². The van der Waals surface area contributed by atoms with Gasteiger partial charge in [-0.15, -0.1) is 0 Å². The number of halogens is 1. The molecule has 1 heterocycles. The topological polar surface area (TPSA) is 55.4 Å². The number of hydrogen-bond acceptors (Lipinski definition) is 4. The summed E-state index contributed by atoms with van der Waals surface area (Å²) in [5.74, 6) is 0.556. The van der Waals surface area contributed by atoms with Crippen molar-refractivity contribution in [2.45, 2.75) is 19.1 Å². The number of rotatable bonds is 6. The number of sulfone groups is 1. The molecule has 0 amide bonds. The lowest BCUT2D eigenvalue weighted by atomic mass is 10.2. The fraction of sp³-hybridized carbons (Fsp3) is 0.538. The van der Waals surface area contributed by atoms with Crippen LogP contribution in [0.25, 0.3) is 0 Å². The predicted molar refractivity (Wildman–Crippen MR) is 76.2 cm³/mol. The smallest absolute Gasteiger partial charge is 0.151 e. The van der Waals surface area contributed by atoms with Crippen LogP contribution in [0.5, 0.6) is 0 Å². The van der Waals surface area contributed by atoms with E-state index in [1.807, 2.05) is 24.3 Å². The molecule has 1 aliphatic heterocycles. The van der Waals surface area contributed by atoms with Gasteiger partial charge in [-0.3, -0.25) is 0 Å². The Labute approximate surface area is 119 Å².